The Balaban J connectivity index is 2.46. The van der Waals surface area contributed by atoms with Crippen LogP contribution in [0.2, 0.25) is 0 Å². The van der Waals surface area contributed by atoms with Crippen LogP contribution < -0.4 is 0 Å². The monoisotopic (exact) mass is 196 g/mol. The van der Waals surface area contributed by atoms with E-state index in [0.29, 0.717) is 12.5 Å². The molecule has 0 aromatic rings. The molecule has 0 N–H and O–H groups in total. The number of carbonyl (C=O) groups is 1. The van der Waals surface area contributed by atoms with Crippen molar-refractivity contribution in [1.82, 2.24) is 0 Å². The van der Waals surface area contributed by atoms with Gasteiger partial charge in [-0.05, 0) is 18.3 Å². The zero-order valence-corrected chi connectivity index (χ0v) is 9.59. The molecule has 0 aromatic heterocycles. The Morgan fingerprint density at radius 2 is 2.29 bits per heavy atom. The molecule has 1 aliphatic carbocycles. The van der Waals surface area contributed by atoms with Crippen LogP contribution in [0.1, 0.15) is 40.5 Å². The number of ether oxygens (including phenoxy) is 1. The summed E-state index contributed by atoms with van der Waals surface area (Å²) in [5, 5.41) is 0. The number of hydrogen-bond donors (Lipinski definition) is 0. The Hall–Kier alpha value is -0.790. The van der Waals surface area contributed by atoms with E-state index >= 15 is 0 Å². The van der Waals surface area contributed by atoms with Gasteiger partial charge in [0.1, 0.15) is 0 Å². The highest BCUT2D eigenvalue weighted by Crippen LogP contribution is 2.50. The molecule has 0 radical (unpaired) electrons. The topological polar surface area (TPSA) is 26.3 Å². The summed E-state index contributed by atoms with van der Waals surface area (Å²) in [6.07, 6.45) is 4.48. The van der Waals surface area contributed by atoms with Crippen LogP contribution in [0.4, 0.5) is 0 Å². The third-order valence-corrected chi connectivity index (χ3v) is 3.25. The smallest absolute Gasteiger partial charge is 0.302 e. The quantitative estimate of drug-likeness (QED) is 0.512. The van der Waals surface area contributed by atoms with Crippen molar-refractivity contribution < 1.29 is 9.53 Å². The largest absolute Gasteiger partial charge is 0.466 e. The third-order valence-electron chi connectivity index (χ3n) is 3.25. The van der Waals surface area contributed by atoms with E-state index in [2.05, 4.69) is 26.8 Å². The van der Waals surface area contributed by atoms with Crippen molar-refractivity contribution in [2.75, 3.05) is 6.61 Å². The van der Waals surface area contributed by atoms with E-state index in [-0.39, 0.29) is 11.4 Å². The van der Waals surface area contributed by atoms with E-state index in [1.165, 1.54) is 12.5 Å². The molecule has 1 atom stereocenters. The van der Waals surface area contributed by atoms with Gasteiger partial charge in [0.2, 0.25) is 0 Å². The highest BCUT2D eigenvalue weighted by molar-refractivity contribution is 5.65. The van der Waals surface area contributed by atoms with Crippen LogP contribution in [0.3, 0.4) is 0 Å². The molecule has 0 heterocycles. The predicted octanol–water partition coefficient (Wildman–Crippen LogP) is 2.93. The summed E-state index contributed by atoms with van der Waals surface area (Å²) in [6.45, 7) is 8.65. The predicted molar refractivity (Wildman–Crippen MR) is 56.9 cm³/mol. The third kappa shape index (κ3) is 2.17. The molecule has 0 bridgehead atoms. The van der Waals surface area contributed by atoms with Gasteiger partial charge in [-0.25, -0.2) is 0 Å². The van der Waals surface area contributed by atoms with Crippen molar-refractivity contribution in [3.63, 3.8) is 0 Å². The van der Waals surface area contributed by atoms with Gasteiger partial charge in [-0.3, -0.25) is 4.79 Å². The van der Waals surface area contributed by atoms with Gasteiger partial charge >= 0.3 is 5.97 Å². The lowest BCUT2D eigenvalue weighted by Crippen LogP contribution is -2.40. The molecule has 1 rings (SSSR count). The van der Waals surface area contributed by atoms with Crippen molar-refractivity contribution in [3.05, 3.63) is 11.6 Å². The van der Waals surface area contributed by atoms with Gasteiger partial charge in [-0.2, -0.15) is 0 Å². The summed E-state index contributed by atoms with van der Waals surface area (Å²) in [6, 6.07) is 0. The zero-order valence-electron chi connectivity index (χ0n) is 9.59. The molecule has 2 nitrogen and oxygen atoms in total. The maximum absolute atomic E-state index is 10.7. The van der Waals surface area contributed by atoms with Crippen LogP contribution in [0.15, 0.2) is 11.6 Å². The van der Waals surface area contributed by atoms with Crippen molar-refractivity contribution in [2.24, 2.45) is 11.3 Å². The Labute approximate surface area is 86.3 Å². The molecule has 0 aromatic carbocycles. The van der Waals surface area contributed by atoms with E-state index in [9.17, 15) is 4.79 Å². The molecule has 0 aliphatic heterocycles. The van der Waals surface area contributed by atoms with Crippen molar-refractivity contribution in [1.29, 1.82) is 0 Å². The minimum absolute atomic E-state index is 0.172. The van der Waals surface area contributed by atoms with Gasteiger partial charge in [-0.15, -0.1) is 0 Å². The first-order valence-corrected chi connectivity index (χ1v) is 5.31. The molecule has 14 heavy (non-hydrogen) atoms. The van der Waals surface area contributed by atoms with Gasteiger partial charge in [0, 0.05) is 12.8 Å². The molecule has 0 amide bonds. The van der Waals surface area contributed by atoms with Crippen molar-refractivity contribution in [3.8, 4) is 0 Å². The fourth-order valence-electron chi connectivity index (χ4n) is 1.99. The number of carbonyl (C=O) groups excluding carboxylic acids is 1. The second kappa shape index (κ2) is 4.16. The molecule has 1 aliphatic rings. The molecule has 1 saturated carbocycles. The maximum Gasteiger partial charge on any atom is 0.302 e. The van der Waals surface area contributed by atoms with Crippen LogP contribution >= 0.6 is 0 Å². The van der Waals surface area contributed by atoms with E-state index in [1.807, 2.05) is 0 Å². The Kier molecular flexibility index (Phi) is 3.35. The van der Waals surface area contributed by atoms with E-state index in [0.717, 1.165) is 12.8 Å². The summed E-state index contributed by atoms with van der Waals surface area (Å²) in [4.78, 5) is 10.7. The van der Waals surface area contributed by atoms with E-state index in [4.69, 9.17) is 4.74 Å². The lowest BCUT2D eigenvalue weighted by atomic mass is 9.59. The van der Waals surface area contributed by atoms with Crippen molar-refractivity contribution in [2.45, 2.75) is 40.5 Å². The Morgan fingerprint density at radius 1 is 1.64 bits per heavy atom. The molecule has 80 valence electrons. The van der Waals surface area contributed by atoms with Gasteiger partial charge in [0.05, 0.1) is 6.61 Å². The van der Waals surface area contributed by atoms with Gasteiger partial charge in [-0.1, -0.05) is 32.4 Å². The summed E-state index contributed by atoms with van der Waals surface area (Å²) in [5.41, 5.74) is 1.74. The van der Waals surface area contributed by atoms with E-state index < -0.39 is 0 Å². The lowest BCUT2D eigenvalue weighted by molar-refractivity contribution is -0.144. The van der Waals surface area contributed by atoms with Gasteiger partial charge in [0.15, 0.2) is 0 Å². The van der Waals surface area contributed by atoms with Gasteiger partial charge < -0.3 is 4.74 Å². The molecule has 1 fully saturated rings. The highest BCUT2D eigenvalue weighted by atomic mass is 16.5. The first-order valence-electron chi connectivity index (χ1n) is 5.31. The summed E-state index contributed by atoms with van der Waals surface area (Å²) >= 11 is 0. The normalized spacial score (nSPS) is 27.1. The fourth-order valence-corrected chi connectivity index (χ4v) is 1.99. The standard InChI is InChI=1S/C12H20O2/c1-5-6-10-7-11(12(10,3)4)8-14-9(2)13/h6,11H,5,7-8H2,1-4H3/b10-6+. The lowest BCUT2D eigenvalue weighted by Gasteiger charge is -2.47. The number of rotatable bonds is 3. The number of hydrogen-bond acceptors (Lipinski definition) is 2. The Morgan fingerprint density at radius 3 is 2.71 bits per heavy atom. The van der Waals surface area contributed by atoms with Crippen LogP contribution in [0.25, 0.3) is 0 Å². The Bertz CT molecular complexity index is 251. The summed E-state index contributed by atoms with van der Waals surface area (Å²) in [7, 11) is 0. The van der Waals surface area contributed by atoms with Gasteiger partial charge in [0.25, 0.3) is 0 Å². The first-order chi connectivity index (χ1) is 6.48. The molecule has 0 saturated heterocycles. The van der Waals surface area contributed by atoms with Crippen LogP contribution in [0, 0.1) is 11.3 Å². The molecule has 1 unspecified atom stereocenters. The van der Waals surface area contributed by atoms with Crippen LogP contribution in [0.5, 0.6) is 0 Å². The SMILES string of the molecule is CC/C=C1\CC(COC(C)=O)C1(C)C. The molecular weight excluding hydrogens is 176 g/mol. The second-order valence-electron chi connectivity index (χ2n) is 4.56. The minimum atomic E-state index is -0.172. The van der Waals surface area contributed by atoms with Crippen LogP contribution in [-0.2, 0) is 9.53 Å². The van der Waals surface area contributed by atoms with Crippen LogP contribution in [-0.4, -0.2) is 12.6 Å². The fraction of sp³-hybridized carbons (Fsp3) is 0.750. The molecule has 2 heteroatoms. The minimum Gasteiger partial charge on any atom is -0.466 e. The van der Waals surface area contributed by atoms with E-state index in [1.54, 1.807) is 0 Å². The number of esters is 1. The summed E-state index contributed by atoms with van der Waals surface area (Å²) in [5.74, 6) is 0.331. The average Bonchev–Trinajstić information content (AvgIpc) is 2.09. The zero-order chi connectivity index (χ0) is 10.8. The molecule has 0 spiro atoms. The molecular formula is C12H20O2. The average molecular weight is 196 g/mol. The number of allylic oxidation sites excluding steroid dienone is 2. The second-order valence-corrected chi connectivity index (χ2v) is 4.56. The first kappa shape index (κ1) is 11.3. The highest BCUT2D eigenvalue weighted by Gasteiger charge is 2.43. The summed E-state index contributed by atoms with van der Waals surface area (Å²) < 4.78 is 5.04. The maximum atomic E-state index is 10.7. The van der Waals surface area contributed by atoms with Crippen molar-refractivity contribution >= 4 is 5.97 Å².